The summed E-state index contributed by atoms with van der Waals surface area (Å²) in [6, 6.07) is 6.71. The maximum absolute atomic E-state index is 6.17. The van der Waals surface area contributed by atoms with E-state index in [9.17, 15) is 0 Å². The lowest BCUT2D eigenvalue weighted by Crippen LogP contribution is -2.14. The van der Waals surface area contributed by atoms with Gasteiger partial charge in [0.05, 0.1) is 0 Å². The van der Waals surface area contributed by atoms with Crippen LogP contribution in [-0.4, -0.2) is 0 Å². The smallest absolute Gasteiger partial charge is 0.0326 e. The molecule has 1 unspecified atom stereocenters. The van der Waals surface area contributed by atoms with Gasteiger partial charge in [-0.2, -0.15) is 0 Å². The van der Waals surface area contributed by atoms with Crippen LogP contribution in [0.25, 0.3) is 0 Å². The minimum atomic E-state index is 0.278. The third-order valence-electron chi connectivity index (χ3n) is 3.14. The highest BCUT2D eigenvalue weighted by Gasteiger charge is 2.30. The Balaban J connectivity index is 2.32. The molecule has 13 heavy (non-hydrogen) atoms. The lowest BCUT2D eigenvalue weighted by molar-refractivity contribution is 0.629. The van der Waals surface area contributed by atoms with Crippen LogP contribution >= 0.6 is 0 Å². The topological polar surface area (TPSA) is 26.0 Å². The van der Waals surface area contributed by atoms with Crippen LogP contribution < -0.4 is 5.73 Å². The van der Waals surface area contributed by atoms with Crippen molar-refractivity contribution in [3.63, 3.8) is 0 Å². The molecule has 0 heterocycles. The highest BCUT2D eigenvalue weighted by molar-refractivity contribution is 5.35. The molecule has 1 fully saturated rings. The third-order valence-corrected chi connectivity index (χ3v) is 3.14. The predicted molar refractivity (Wildman–Crippen MR) is 55.6 cm³/mol. The molecule has 0 saturated heterocycles. The second kappa shape index (κ2) is 3.15. The first-order valence-electron chi connectivity index (χ1n) is 5.02. The van der Waals surface area contributed by atoms with Gasteiger partial charge in [-0.15, -0.1) is 0 Å². The van der Waals surface area contributed by atoms with Crippen LogP contribution in [0.2, 0.25) is 0 Å². The zero-order chi connectivity index (χ0) is 9.42. The van der Waals surface area contributed by atoms with Gasteiger partial charge in [-0.05, 0) is 49.3 Å². The van der Waals surface area contributed by atoms with Crippen molar-refractivity contribution in [3.8, 4) is 0 Å². The van der Waals surface area contributed by atoms with E-state index >= 15 is 0 Å². The van der Waals surface area contributed by atoms with E-state index in [2.05, 4.69) is 32.0 Å². The molecule has 1 aliphatic carbocycles. The largest absolute Gasteiger partial charge is 0.324 e. The Morgan fingerprint density at radius 3 is 2.62 bits per heavy atom. The number of aryl methyl sites for hydroxylation is 1. The summed E-state index contributed by atoms with van der Waals surface area (Å²) in [4.78, 5) is 0. The predicted octanol–water partition coefficient (Wildman–Crippen LogP) is 2.71. The summed E-state index contributed by atoms with van der Waals surface area (Å²) in [5, 5.41) is 0. The molecule has 0 bridgehead atoms. The minimum absolute atomic E-state index is 0.278. The first-order chi connectivity index (χ1) is 6.20. The Bertz CT molecular complexity index is 313. The van der Waals surface area contributed by atoms with Crippen molar-refractivity contribution in [2.45, 2.75) is 32.7 Å². The lowest BCUT2D eigenvalue weighted by atomic mass is 9.95. The number of rotatable bonds is 2. The molecule has 0 aliphatic heterocycles. The van der Waals surface area contributed by atoms with Crippen LogP contribution in [-0.2, 0) is 0 Å². The van der Waals surface area contributed by atoms with E-state index in [1.165, 1.54) is 29.5 Å². The van der Waals surface area contributed by atoms with Gasteiger partial charge >= 0.3 is 0 Å². The Hall–Kier alpha value is -0.820. The average molecular weight is 175 g/mol. The Labute approximate surface area is 80.0 Å². The molecule has 1 aromatic rings. The highest BCUT2D eigenvalue weighted by Crippen LogP contribution is 2.40. The van der Waals surface area contributed by atoms with E-state index in [-0.39, 0.29) is 6.04 Å². The van der Waals surface area contributed by atoms with E-state index in [1.807, 2.05) is 0 Å². The standard InChI is InChI=1S/C12H17N/c1-8-4-3-5-11(9(8)2)12(13)10-6-7-10/h3-5,10,12H,6-7,13H2,1-2H3. The van der Waals surface area contributed by atoms with Gasteiger partial charge in [0.25, 0.3) is 0 Å². The summed E-state index contributed by atoms with van der Waals surface area (Å²) in [5.74, 6) is 0.750. The minimum Gasteiger partial charge on any atom is -0.324 e. The molecule has 1 aliphatic rings. The second-order valence-corrected chi connectivity index (χ2v) is 4.15. The second-order valence-electron chi connectivity index (χ2n) is 4.15. The quantitative estimate of drug-likeness (QED) is 0.734. The average Bonchev–Trinajstić information content (AvgIpc) is 2.91. The summed E-state index contributed by atoms with van der Waals surface area (Å²) in [6.45, 7) is 4.32. The molecule has 1 saturated carbocycles. The van der Waals surface area contributed by atoms with E-state index < -0.39 is 0 Å². The summed E-state index contributed by atoms with van der Waals surface area (Å²) < 4.78 is 0. The Kier molecular flexibility index (Phi) is 2.12. The molecule has 2 N–H and O–H groups in total. The fourth-order valence-corrected chi connectivity index (χ4v) is 1.84. The number of hydrogen-bond donors (Lipinski definition) is 1. The van der Waals surface area contributed by atoms with Crippen LogP contribution in [0.5, 0.6) is 0 Å². The Morgan fingerprint density at radius 1 is 1.31 bits per heavy atom. The van der Waals surface area contributed by atoms with Gasteiger partial charge in [-0.25, -0.2) is 0 Å². The van der Waals surface area contributed by atoms with Crippen LogP contribution in [0.1, 0.15) is 35.6 Å². The van der Waals surface area contributed by atoms with E-state index in [4.69, 9.17) is 5.73 Å². The normalized spacial score (nSPS) is 18.7. The van der Waals surface area contributed by atoms with Crippen molar-refractivity contribution in [3.05, 3.63) is 34.9 Å². The molecule has 0 aromatic heterocycles. The van der Waals surface area contributed by atoms with Crippen molar-refractivity contribution in [1.82, 2.24) is 0 Å². The van der Waals surface area contributed by atoms with E-state index in [0.717, 1.165) is 5.92 Å². The zero-order valence-corrected chi connectivity index (χ0v) is 8.38. The van der Waals surface area contributed by atoms with Gasteiger partial charge in [0.1, 0.15) is 0 Å². The molecule has 1 atom stereocenters. The molecule has 0 spiro atoms. The number of benzene rings is 1. The maximum Gasteiger partial charge on any atom is 0.0326 e. The molecule has 0 amide bonds. The summed E-state index contributed by atoms with van der Waals surface area (Å²) >= 11 is 0. The molecule has 1 aromatic carbocycles. The molecule has 2 rings (SSSR count). The first-order valence-corrected chi connectivity index (χ1v) is 5.02. The summed E-state index contributed by atoms with van der Waals surface area (Å²) in [5.41, 5.74) is 10.3. The first kappa shape index (κ1) is 8.76. The lowest BCUT2D eigenvalue weighted by Gasteiger charge is -2.15. The molecular formula is C12H17N. The van der Waals surface area contributed by atoms with Gasteiger partial charge in [0.15, 0.2) is 0 Å². The van der Waals surface area contributed by atoms with Crippen molar-refractivity contribution in [1.29, 1.82) is 0 Å². The fraction of sp³-hybridized carbons (Fsp3) is 0.500. The third kappa shape index (κ3) is 1.61. The van der Waals surface area contributed by atoms with Crippen molar-refractivity contribution in [2.75, 3.05) is 0 Å². The van der Waals surface area contributed by atoms with Crippen molar-refractivity contribution < 1.29 is 0 Å². The van der Waals surface area contributed by atoms with E-state index in [0.29, 0.717) is 0 Å². The molecule has 1 heteroatoms. The fourth-order valence-electron chi connectivity index (χ4n) is 1.84. The van der Waals surface area contributed by atoms with Crippen LogP contribution in [0.15, 0.2) is 18.2 Å². The molecule has 1 nitrogen and oxygen atoms in total. The zero-order valence-electron chi connectivity index (χ0n) is 8.38. The highest BCUT2D eigenvalue weighted by atomic mass is 14.7. The van der Waals surface area contributed by atoms with Gasteiger partial charge in [0, 0.05) is 6.04 Å². The molecule has 70 valence electrons. The summed E-state index contributed by atoms with van der Waals surface area (Å²) in [7, 11) is 0. The molecular weight excluding hydrogens is 158 g/mol. The van der Waals surface area contributed by atoms with Gasteiger partial charge < -0.3 is 5.73 Å². The van der Waals surface area contributed by atoms with Gasteiger partial charge in [-0.1, -0.05) is 18.2 Å². The SMILES string of the molecule is Cc1cccc(C(N)C2CC2)c1C. The van der Waals surface area contributed by atoms with Crippen LogP contribution in [0.3, 0.4) is 0 Å². The van der Waals surface area contributed by atoms with Crippen molar-refractivity contribution in [2.24, 2.45) is 11.7 Å². The monoisotopic (exact) mass is 175 g/mol. The van der Waals surface area contributed by atoms with Crippen molar-refractivity contribution >= 4 is 0 Å². The van der Waals surface area contributed by atoms with Crippen LogP contribution in [0.4, 0.5) is 0 Å². The van der Waals surface area contributed by atoms with Crippen LogP contribution in [0, 0.1) is 19.8 Å². The summed E-state index contributed by atoms with van der Waals surface area (Å²) in [6.07, 6.45) is 2.63. The van der Waals surface area contributed by atoms with Gasteiger partial charge in [0.2, 0.25) is 0 Å². The number of hydrogen-bond acceptors (Lipinski definition) is 1. The van der Waals surface area contributed by atoms with E-state index in [1.54, 1.807) is 0 Å². The van der Waals surface area contributed by atoms with Gasteiger partial charge in [-0.3, -0.25) is 0 Å². The number of nitrogens with two attached hydrogens (primary N) is 1. The maximum atomic E-state index is 6.17. The Morgan fingerprint density at radius 2 is 2.00 bits per heavy atom. The molecule has 0 radical (unpaired) electrons.